The SMILES string of the molecule is COC1CCN(Cc2cccc(CNCC(C)C)n2)CC1. The third-order valence-electron chi connectivity index (χ3n) is 3.98. The first-order valence-corrected chi connectivity index (χ1v) is 8.08. The van der Waals surface area contributed by atoms with E-state index in [1.54, 1.807) is 0 Å². The van der Waals surface area contributed by atoms with Crippen LogP contribution in [-0.2, 0) is 17.8 Å². The number of piperidine rings is 1. The lowest BCUT2D eigenvalue weighted by molar-refractivity contribution is 0.0385. The molecule has 0 saturated carbocycles. The van der Waals surface area contributed by atoms with Crippen molar-refractivity contribution >= 4 is 0 Å². The summed E-state index contributed by atoms with van der Waals surface area (Å²) in [6.07, 6.45) is 2.71. The van der Waals surface area contributed by atoms with Crippen molar-refractivity contribution in [3.05, 3.63) is 29.6 Å². The molecular formula is C17H29N3O. The summed E-state index contributed by atoms with van der Waals surface area (Å²) in [6.45, 7) is 9.51. The van der Waals surface area contributed by atoms with Crippen molar-refractivity contribution in [1.29, 1.82) is 0 Å². The summed E-state index contributed by atoms with van der Waals surface area (Å²) in [5.74, 6) is 0.676. The van der Waals surface area contributed by atoms with Gasteiger partial charge in [0, 0.05) is 33.3 Å². The van der Waals surface area contributed by atoms with Crippen molar-refractivity contribution in [3.8, 4) is 0 Å². The Morgan fingerprint density at radius 1 is 1.29 bits per heavy atom. The maximum atomic E-state index is 5.42. The molecule has 1 saturated heterocycles. The van der Waals surface area contributed by atoms with Crippen LogP contribution in [0.1, 0.15) is 38.1 Å². The molecule has 0 radical (unpaired) electrons. The zero-order valence-electron chi connectivity index (χ0n) is 13.6. The smallest absolute Gasteiger partial charge is 0.0595 e. The Morgan fingerprint density at radius 2 is 2.00 bits per heavy atom. The maximum absolute atomic E-state index is 5.42. The average Bonchev–Trinajstić information content (AvgIpc) is 2.48. The van der Waals surface area contributed by atoms with Crippen LogP contribution in [-0.4, -0.2) is 42.7 Å². The Labute approximate surface area is 128 Å². The van der Waals surface area contributed by atoms with Crippen LogP contribution in [0.5, 0.6) is 0 Å². The Balaban J connectivity index is 1.81. The lowest BCUT2D eigenvalue weighted by Gasteiger charge is -2.30. The van der Waals surface area contributed by atoms with E-state index in [4.69, 9.17) is 9.72 Å². The predicted octanol–water partition coefficient (Wildman–Crippen LogP) is 2.44. The summed E-state index contributed by atoms with van der Waals surface area (Å²) in [4.78, 5) is 7.24. The van der Waals surface area contributed by atoms with E-state index in [0.29, 0.717) is 12.0 Å². The standard InChI is InChI=1S/C17H29N3O/c1-14(2)11-18-12-15-5-4-6-16(19-15)13-20-9-7-17(21-3)8-10-20/h4-6,14,17-18H,7-13H2,1-3H3. The van der Waals surface area contributed by atoms with Gasteiger partial charge in [-0.1, -0.05) is 19.9 Å². The minimum Gasteiger partial charge on any atom is -0.381 e. The minimum atomic E-state index is 0.445. The van der Waals surface area contributed by atoms with E-state index in [9.17, 15) is 0 Å². The van der Waals surface area contributed by atoms with Crippen molar-refractivity contribution in [2.24, 2.45) is 5.92 Å². The van der Waals surface area contributed by atoms with Crippen LogP contribution in [0.2, 0.25) is 0 Å². The van der Waals surface area contributed by atoms with Gasteiger partial charge in [0.2, 0.25) is 0 Å². The van der Waals surface area contributed by atoms with E-state index in [1.807, 2.05) is 7.11 Å². The lowest BCUT2D eigenvalue weighted by Crippen LogP contribution is -2.36. The number of hydrogen-bond donors (Lipinski definition) is 1. The molecule has 0 aromatic carbocycles. The summed E-state index contributed by atoms with van der Waals surface area (Å²) >= 11 is 0. The quantitative estimate of drug-likeness (QED) is 0.837. The van der Waals surface area contributed by atoms with Crippen molar-refractivity contribution in [2.75, 3.05) is 26.7 Å². The molecule has 118 valence electrons. The van der Waals surface area contributed by atoms with Crippen LogP contribution in [0.4, 0.5) is 0 Å². The Morgan fingerprint density at radius 3 is 2.67 bits per heavy atom. The molecule has 2 heterocycles. The van der Waals surface area contributed by atoms with E-state index in [-0.39, 0.29) is 0 Å². The number of nitrogens with one attached hydrogen (secondary N) is 1. The fraction of sp³-hybridized carbons (Fsp3) is 0.706. The van der Waals surface area contributed by atoms with E-state index in [2.05, 4.69) is 42.3 Å². The molecule has 1 fully saturated rings. The largest absolute Gasteiger partial charge is 0.381 e. The van der Waals surface area contributed by atoms with Crippen LogP contribution < -0.4 is 5.32 Å². The van der Waals surface area contributed by atoms with E-state index < -0.39 is 0 Å². The van der Waals surface area contributed by atoms with Gasteiger partial charge in [-0.05, 0) is 37.4 Å². The Hall–Kier alpha value is -0.970. The highest BCUT2D eigenvalue weighted by Crippen LogP contribution is 2.15. The molecule has 1 N–H and O–H groups in total. The molecule has 1 aliphatic heterocycles. The molecule has 4 nitrogen and oxygen atoms in total. The van der Waals surface area contributed by atoms with Crippen LogP contribution in [0.15, 0.2) is 18.2 Å². The van der Waals surface area contributed by atoms with Gasteiger partial charge < -0.3 is 10.1 Å². The molecule has 0 amide bonds. The first-order chi connectivity index (χ1) is 10.2. The van der Waals surface area contributed by atoms with Gasteiger partial charge >= 0.3 is 0 Å². The molecular weight excluding hydrogens is 262 g/mol. The monoisotopic (exact) mass is 291 g/mol. The fourth-order valence-corrected chi connectivity index (χ4v) is 2.74. The second-order valence-corrected chi connectivity index (χ2v) is 6.36. The summed E-state index contributed by atoms with van der Waals surface area (Å²) in [7, 11) is 1.81. The lowest BCUT2D eigenvalue weighted by atomic mass is 10.1. The number of ether oxygens (including phenoxy) is 1. The van der Waals surface area contributed by atoms with Gasteiger partial charge in [0.15, 0.2) is 0 Å². The zero-order valence-corrected chi connectivity index (χ0v) is 13.6. The van der Waals surface area contributed by atoms with Gasteiger partial charge in [-0.2, -0.15) is 0 Å². The zero-order chi connectivity index (χ0) is 15.1. The van der Waals surface area contributed by atoms with Crippen LogP contribution in [0.25, 0.3) is 0 Å². The summed E-state index contributed by atoms with van der Waals surface area (Å²) in [6, 6.07) is 6.36. The number of methoxy groups -OCH3 is 1. The minimum absolute atomic E-state index is 0.445. The Kier molecular flexibility index (Phi) is 6.61. The summed E-state index contributed by atoms with van der Waals surface area (Å²) in [5.41, 5.74) is 2.31. The topological polar surface area (TPSA) is 37.4 Å². The predicted molar refractivity (Wildman–Crippen MR) is 86.1 cm³/mol. The van der Waals surface area contributed by atoms with Crippen LogP contribution >= 0.6 is 0 Å². The third kappa shape index (κ3) is 5.73. The van der Waals surface area contributed by atoms with Crippen molar-refractivity contribution in [2.45, 2.75) is 45.9 Å². The number of hydrogen-bond acceptors (Lipinski definition) is 4. The molecule has 1 aromatic rings. The molecule has 2 rings (SSSR count). The Bertz CT molecular complexity index is 414. The second kappa shape index (κ2) is 8.47. The van der Waals surface area contributed by atoms with Crippen molar-refractivity contribution in [1.82, 2.24) is 15.2 Å². The first kappa shape index (κ1) is 16.4. The number of likely N-dealkylation sites (tertiary alicyclic amines) is 1. The third-order valence-corrected chi connectivity index (χ3v) is 3.98. The molecule has 4 heteroatoms. The fourth-order valence-electron chi connectivity index (χ4n) is 2.74. The number of aromatic nitrogens is 1. The van der Waals surface area contributed by atoms with E-state index in [0.717, 1.165) is 51.3 Å². The number of rotatable bonds is 7. The first-order valence-electron chi connectivity index (χ1n) is 8.08. The van der Waals surface area contributed by atoms with E-state index in [1.165, 1.54) is 5.69 Å². The van der Waals surface area contributed by atoms with Crippen molar-refractivity contribution in [3.63, 3.8) is 0 Å². The van der Waals surface area contributed by atoms with Gasteiger partial charge in [0.1, 0.15) is 0 Å². The van der Waals surface area contributed by atoms with E-state index >= 15 is 0 Å². The van der Waals surface area contributed by atoms with Crippen LogP contribution in [0, 0.1) is 5.92 Å². The molecule has 0 spiro atoms. The summed E-state index contributed by atoms with van der Waals surface area (Å²) in [5, 5.41) is 3.45. The molecule has 0 atom stereocenters. The number of nitrogens with zero attached hydrogens (tertiary/aromatic N) is 2. The highest BCUT2D eigenvalue weighted by molar-refractivity contribution is 5.11. The average molecular weight is 291 g/mol. The van der Waals surface area contributed by atoms with Gasteiger partial charge in [0.25, 0.3) is 0 Å². The van der Waals surface area contributed by atoms with Gasteiger partial charge in [-0.15, -0.1) is 0 Å². The molecule has 0 aliphatic carbocycles. The molecule has 0 unspecified atom stereocenters. The summed E-state index contributed by atoms with van der Waals surface area (Å²) < 4.78 is 5.42. The molecule has 1 aromatic heterocycles. The van der Waals surface area contributed by atoms with Gasteiger partial charge in [-0.3, -0.25) is 9.88 Å². The highest BCUT2D eigenvalue weighted by atomic mass is 16.5. The highest BCUT2D eigenvalue weighted by Gasteiger charge is 2.18. The van der Waals surface area contributed by atoms with Crippen LogP contribution in [0.3, 0.4) is 0 Å². The molecule has 0 bridgehead atoms. The normalized spacial score (nSPS) is 17.5. The second-order valence-electron chi connectivity index (χ2n) is 6.36. The van der Waals surface area contributed by atoms with Gasteiger partial charge in [-0.25, -0.2) is 0 Å². The maximum Gasteiger partial charge on any atom is 0.0595 e. The van der Waals surface area contributed by atoms with Crippen molar-refractivity contribution < 1.29 is 4.74 Å². The molecule has 1 aliphatic rings. The number of pyridine rings is 1. The molecule has 21 heavy (non-hydrogen) atoms. The van der Waals surface area contributed by atoms with Gasteiger partial charge in [0.05, 0.1) is 17.5 Å².